The van der Waals surface area contributed by atoms with Gasteiger partial charge in [-0.25, -0.2) is 9.24 Å². The summed E-state index contributed by atoms with van der Waals surface area (Å²) in [5, 5.41) is 9.05. The number of halogens is 1. The molecule has 2 aromatic rings. The van der Waals surface area contributed by atoms with E-state index in [4.69, 9.17) is 11.8 Å². The van der Waals surface area contributed by atoms with E-state index in [9.17, 15) is 4.39 Å². The summed E-state index contributed by atoms with van der Waals surface area (Å²) >= 11 is 0. The lowest BCUT2D eigenvalue weighted by molar-refractivity contribution is 0.614. The molecule has 2 nitrogen and oxygen atoms in total. The first-order valence-electron chi connectivity index (χ1n) is 6.26. The van der Waals surface area contributed by atoms with E-state index in [1.54, 1.807) is 6.07 Å². The summed E-state index contributed by atoms with van der Waals surface area (Å²) in [6.45, 7) is 11.3. The van der Waals surface area contributed by atoms with Gasteiger partial charge in [-0.15, -0.1) is 0 Å². The average molecular weight is 262 g/mol. The molecule has 1 aliphatic carbocycles. The third kappa shape index (κ3) is 1.35. The van der Waals surface area contributed by atoms with Crippen LogP contribution in [0.3, 0.4) is 0 Å². The quantitative estimate of drug-likeness (QED) is 0.640. The minimum atomic E-state index is -0.706. The number of nitrogens with zero attached hydrogens (tertiary/aromatic N) is 2. The van der Waals surface area contributed by atoms with E-state index in [0.717, 1.165) is 16.7 Å². The number of hydrogen-bond donors (Lipinski definition) is 0. The van der Waals surface area contributed by atoms with Crippen molar-refractivity contribution >= 4 is 5.69 Å². The van der Waals surface area contributed by atoms with Gasteiger partial charge in [-0.05, 0) is 28.3 Å². The fourth-order valence-corrected chi connectivity index (χ4v) is 3.07. The van der Waals surface area contributed by atoms with Gasteiger partial charge in [-0.2, -0.15) is 5.26 Å². The third-order valence-corrected chi connectivity index (χ3v) is 3.99. The minimum absolute atomic E-state index is 0.0275. The van der Waals surface area contributed by atoms with Gasteiger partial charge in [0, 0.05) is 5.41 Å². The van der Waals surface area contributed by atoms with E-state index < -0.39 is 11.2 Å². The summed E-state index contributed by atoms with van der Waals surface area (Å²) in [7, 11) is 0. The van der Waals surface area contributed by atoms with Crippen LogP contribution in [0.2, 0.25) is 0 Å². The van der Waals surface area contributed by atoms with Crippen LogP contribution in [0.25, 0.3) is 16.0 Å². The highest BCUT2D eigenvalue weighted by Crippen LogP contribution is 2.53. The van der Waals surface area contributed by atoms with Gasteiger partial charge < -0.3 is 0 Å². The minimum Gasteiger partial charge on any atom is -0.235 e. The molecule has 0 aromatic heterocycles. The Morgan fingerprint density at radius 3 is 2.60 bits per heavy atom. The van der Waals surface area contributed by atoms with E-state index in [1.165, 1.54) is 0 Å². The highest BCUT2D eigenvalue weighted by Gasteiger charge is 2.39. The van der Waals surface area contributed by atoms with Gasteiger partial charge in [0.1, 0.15) is 11.9 Å². The van der Waals surface area contributed by atoms with Crippen LogP contribution in [0.15, 0.2) is 30.3 Å². The molecule has 0 saturated carbocycles. The van der Waals surface area contributed by atoms with Crippen LogP contribution in [-0.2, 0) is 5.41 Å². The molecular formula is C17H11FN2. The van der Waals surface area contributed by atoms with Crippen LogP contribution in [0.4, 0.5) is 10.1 Å². The van der Waals surface area contributed by atoms with Crippen LogP contribution >= 0.6 is 0 Å². The van der Waals surface area contributed by atoms with Gasteiger partial charge in [0.25, 0.3) is 0 Å². The summed E-state index contributed by atoms with van der Waals surface area (Å²) in [4.78, 5) is 3.35. The summed E-state index contributed by atoms with van der Waals surface area (Å²) < 4.78 is 14.3. The first-order chi connectivity index (χ1) is 9.52. The monoisotopic (exact) mass is 262 g/mol. The topological polar surface area (TPSA) is 28.1 Å². The van der Waals surface area contributed by atoms with Crippen molar-refractivity contribution < 1.29 is 4.39 Å². The second kappa shape index (κ2) is 3.92. The predicted molar refractivity (Wildman–Crippen MR) is 74.9 cm³/mol. The van der Waals surface area contributed by atoms with Crippen molar-refractivity contribution in [2.75, 3.05) is 0 Å². The number of nitriles is 1. The number of fused-ring (bicyclic) bond motifs is 3. The molecule has 0 heterocycles. The van der Waals surface area contributed by atoms with Gasteiger partial charge in [0.15, 0.2) is 0 Å². The summed E-state index contributed by atoms with van der Waals surface area (Å²) in [5.74, 6) is -0.706. The van der Waals surface area contributed by atoms with E-state index >= 15 is 0 Å². The predicted octanol–water partition coefficient (Wildman–Crippen LogP) is 4.55. The smallest absolute Gasteiger partial charge is 0.228 e. The van der Waals surface area contributed by atoms with Crippen molar-refractivity contribution in [3.05, 3.63) is 64.3 Å². The zero-order chi connectivity index (χ0) is 14.5. The van der Waals surface area contributed by atoms with Gasteiger partial charge in [0.05, 0.1) is 12.1 Å². The highest BCUT2D eigenvalue weighted by atomic mass is 19.1. The maximum absolute atomic E-state index is 14.3. The summed E-state index contributed by atoms with van der Waals surface area (Å²) in [6.07, 6.45) is 0. The van der Waals surface area contributed by atoms with E-state index in [1.807, 2.05) is 44.2 Å². The lowest BCUT2D eigenvalue weighted by Gasteiger charge is -2.23. The first-order valence-corrected chi connectivity index (χ1v) is 6.26. The molecule has 0 amide bonds. The van der Waals surface area contributed by atoms with E-state index in [2.05, 4.69) is 4.85 Å². The standard InChI is InChI=1S/C17H11FN2/c1-17(2)13-7-5-4-6-11(13)12-8-10(9-19)15(18)16(20-3)14(12)17/h4-8H,1-2H3. The largest absolute Gasteiger partial charge is 0.235 e. The van der Waals surface area contributed by atoms with Crippen LogP contribution in [0.1, 0.15) is 30.5 Å². The molecule has 0 fully saturated rings. The number of rotatable bonds is 0. The molecule has 0 saturated heterocycles. The molecule has 0 aliphatic heterocycles. The van der Waals surface area contributed by atoms with E-state index in [0.29, 0.717) is 5.56 Å². The van der Waals surface area contributed by atoms with Crippen LogP contribution < -0.4 is 0 Å². The summed E-state index contributed by atoms with van der Waals surface area (Å²) in [6, 6.07) is 11.2. The Balaban J connectivity index is 2.51. The highest BCUT2D eigenvalue weighted by molar-refractivity contribution is 5.87. The number of benzene rings is 2. The van der Waals surface area contributed by atoms with Crippen molar-refractivity contribution in [2.24, 2.45) is 0 Å². The lowest BCUT2D eigenvalue weighted by atomic mass is 9.81. The SMILES string of the molecule is [C-]#[N+]c1c(F)c(C#N)cc2c1C(C)(C)c1ccccc1-2. The van der Waals surface area contributed by atoms with Crippen molar-refractivity contribution in [1.82, 2.24) is 0 Å². The Kier molecular flexibility index (Phi) is 2.43. The summed E-state index contributed by atoms with van der Waals surface area (Å²) in [5.41, 5.74) is 3.01. The number of hydrogen-bond acceptors (Lipinski definition) is 1. The Morgan fingerprint density at radius 2 is 1.95 bits per heavy atom. The maximum Gasteiger partial charge on any atom is 0.228 e. The second-order valence-electron chi connectivity index (χ2n) is 5.40. The Bertz CT molecular complexity index is 820. The van der Waals surface area contributed by atoms with Gasteiger partial charge in [-0.3, -0.25) is 0 Å². The first kappa shape index (κ1) is 12.4. The molecule has 1 aliphatic rings. The van der Waals surface area contributed by atoms with Crippen LogP contribution in [0.5, 0.6) is 0 Å². The van der Waals surface area contributed by atoms with E-state index in [-0.39, 0.29) is 11.3 Å². The normalized spacial score (nSPS) is 14.1. The van der Waals surface area contributed by atoms with Crippen molar-refractivity contribution in [3.63, 3.8) is 0 Å². The average Bonchev–Trinajstić information content (AvgIpc) is 2.68. The van der Waals surface area contributed by atoms with Crippen LogP contribution in [-0.4, -0.2) is 0 Å². The molecular weight excluding hydrogens is 251 g/mol. The van der Waals surface area contributed by atoms with Crippen LogP contribution in [0, 0.1) is 23.7 Å². The van der Waals surface area contributed by atoms with Gasteiger partial charge in [0.2, 0.25) is 5.69 Å². The lowest BCUT2D eigenvalue weighted by Crippen LogP contribution is -2.15. The zero-order valence-corrected chi connectivity index (χ0v) is 11.2. The Hall–Kier alpha value is -2.65. The Labute approximate surface area is 116 Å². The molecule has 0 atom stereocenters. The van der Waals surface area contributed by atoms with Gasteiger partial charge >= 0.3 is 0 Å². The molecule has 2 aromatic carbocycles. The molecule has 0 N–H and O–H groups in total. The van der Waals surface area contributed by atoms with Crippen molar-refractivity contribution in [2.45, 2.75) is 19.3 Å². The molecule has 0 radical (unpaired) electrons. The molecule has 20 heavy (non-hydrogen) atoms. The fourth-order valence-electron chi connectivity index (χ4n) is 3.07. The van der Waals surface area contributed by atoms with Crippen molar-refractivity contribution in [1.29, 1.82) is 5.26 Å². The molecule has 0 unspecified atom stereocenters. The maximum atomic E-state index is 14.3. The molecule has 96 valence electrons. The third-order valence-electron chi connectivity index (χ3n) is 3.99. The Morgan fingerprint density at radius 1 is 1.25 bits per heavy atom. The molecule has 3 rings (SSSR count). The molecule has 0 spiro atoms. The van der Waals surface area contributed by atoms with Gasteiger partial charge in [-0.1, -0.05) is 38.1 Å². The second-order valence-corrected chi connectivity index (χ2v) is 5.40. The zero-order valence-electron chi connectivity index (χ0n) is 11.2. The van der Waals surface area contributed by atoms with Crippen molar-refractivity contribution in [3.8, 4) is 17.2 Å². The molecule has 3 heteroatoms. The molecule has 0 bridgehead atoms. The fraction of sp³-hybridized carbons (Fsp3) is 0.176.